The maximum absolute atomic E-state index is 12.3. The number of ether oxygens (including phenoxy) is 3. The molecule has 2 aromatic carbocycles. The Hall–Kier alpha value is -3.06. The zero-order valence-electron chi connectivity index (χ0n) is 20.3. The highest BCUT2D eigenvalue weighted by atomic mass is 16.7. The van der Waals surface area contributed by atoms with E-state index in [9.17, 15) is 9.59 Å². The lowest BCUT2D eigenvalue weighted by Crippen LogP contribution is -2.59. The van der Waals surface area contributed by atoms with Gasteiger partial charge < -0.3 is 24.6 Å². The molecule has 2 aliphatic carbocycles. The molecule has 1 saturated heterocycles. The topological polar surface area (TPSA) is 94.1 Å². The predicted molar refractivity (Wildman–Crippen MR) is 130 cm³/mol. The zero-order valence-corrected chi connectivity index (χ0v) is 20.3. The van der Waals surface area contributed by atoms with Gasteiger partial charge in [-0.1, -0.05) is 44.9 Å². The van der Waals surface area contributed by atoms with Crippen LogP contribution in [0.4, 0.5) is 4.79 Å². The smallest absolute Gasteiger partial charge is 0.455 e. The summed E-state index contributed by atoms with van der Waals surface area (Å²) in [4.78, 5) is 23.1. The van der Waals surface area contributed by atoms with Crippen molar-refractivity contribution in [1.29, 1.82) is 0 Å². The number of fused-ring (bicyclic) bond motifs is 1. The monoisotopic (exact) mass is 479 g/mol. The number of esters is 1. The van der Waals surface area contributed by atoms with Crippen molar-refractivity contribution in [1.82, 2.24) is 5.32 Å². The largest absolute Gasteiger partial charge is 0.513 e. The molecule has 0 spiro atoms. The first-order chi connectivity index (χ1) is 16.9. The van der Waals surface area contributed by atoms with Crippen LogP contribution in [0.15, 0.2) is 42.5 Å². The number of carbonyl (C=O) groups excluding carboxylic acids is 1. The minimum Gasteiger partial charge on any atom is -0.455 e. The third kappa shape index (κ3) is 4.49. The predicted octanol–water partition coefficient (Wildman–Crippen LogP) is 5.31. The Bertz CT molecular complexity index is 1110. The Balaban J connectivity index is 1.41. The second-order valence-corrected chi connectivity index (χ2v) is 10.3. The highest BCUT2D eigenvalue weighted by molar-refractivity contribution is 5.97. The molecule has 2 aromatic rings. The van der Waals surface area contributed by atoms with Gasteiger partial charge in [0.1, 0.15) is 17.1 Å². The number of rotatable bonds is 6. The molecule has 0 amide bonds. The fourth-order valence-electron chi connectivity index (χ4n) is 6.40. The van der Waals surface area contributed by atoms with Crippen molar-refractivity contribution >= 4 is 12.1 Å². The van der Waals surface area contributed by atoms with Crippen molar-refractivity contribution in [3.63, 3.8) is 0 Å². The van der Waals surface area contributed by atoms with Crippen LogP contribution < -0.4 is 14.8 Å². The molecule has 2 N–H and O–H groups in total. The summed E-state index contributed by atoms with van der Waals surface area (Å²) in [6, 6.07) is 13.4. The fourth-order valence-corrected chi connectivity index (χ4v) is 6.40. The molecule has 5 rings (SSSR count). The van der Waals surface area contributed by atoms with E-state index < -0.39 is 18.4 Å². The van der Waals surface area contributed by atoms with Crippen molar-refractivity contribution in [2.45, 2.75) is 70.1 Å². The molecule has 4 atom stereocenters. The van der Waals surface area contributed by atoms with Gasteiger partial charge in [0.15, 0.2) is 0 Å². The Morgan fingerprint density at radius 3 is 2.71 bits per heavy atom. The highest BCUT2D eigenvalue weighted by Crippen LogP contribution is 2.54. The molecule has 1 heterocycles. The van der Waals surface area contributed by atoms with E-state index in [2.05, 4.69) is 22.2 Å². The second kappa shape index (κ2) is 9.53. The Morgan fingerprint density at radius 1 is 1.09 bits per heavy atom. The van der Waals surface area contributed by atoms with Crippen LogP contribution in [0.1, 0.15) is 67.4 Å². The highest BCUT2D eigenvalue weighted by Gasteiger charge is 2.51. The van der Waals surface area contributed by atoms with Crippen LogP contribution in [0.5, 0.6) is 11.5 Å². The van der Waals surface area contributed by atoms with Gasteiger partial charge >= 0.3 is 12.1 Å². The van der Waals surface area contributed by atoms with Crippen molar-refractivity contribution in [2.75, 3.05) is 6.54 Å². The first kappa shape index (κ1) is 23.7. The summed E-state index contributed by atoms with van der Waals surface area (Å²) >= 11 is 0. The molecular formula is C28H33NO6. The minimum absolute atomic E-state index is 0.0292. The van der Waals surface area contributed by atoms with E-state index in [1.807, 2.05) is 19.9 Å². The molecule has 0 radical (unpaired) electrons. The number of para-hydroxylation sites is 1. The standard InChI is InChI=1S/C28H33NO6/c1-17(2)26(34-24-9-4-3-7-20(24)25(30)35-27(31)32)33-19-11-10-18-15-23-21-8-5-6-12-28(21,13-14-29-23)22(18)16-19/h3-4,7,9-11,16-17,21,23,26,29H,5-6,8,12-15H2,1-2H3,(H,31,32)/t21-,23+,26?,28+/m0/s1. The van der Waals surface area contributed by atoms with E-state index in [1.165, 1.54) is 42.9 Å². The molecule has 7 nitrogen and oxygen atoms in total. The normalized spacial score (nSPS) is 25.7. The van der Waals surface area contributed by atoms with Gasteiger partial charge in [-0.05, 0) is 73.5 Å². The zero-order chi connectivity index (χ0) is 24.6. The van der Waals surface area contributed by atoms with E-state index in [4.69, 9.17) is 14.6 Å². The van der Waals surface area contributed by atoms with Crippen molar-refractivity contribution < 1.29 is 28.9 Å². The Kier molecular flexibility index (Phi) is 6.45. The van der Waals surface area contributed by atoms with E-state index in [0.29, 0.717) is 12.0 Å². The molecule has 35 heavy (non-hydrogen) atoms. The van der Waals surface area contributed by atoms with Gasteiger partial charge in [-0.3, -0.25) is 0 Å². The van der Waals surface area contributed by atoms with Crippen LogP contribution in [0.3, 0.4) is 0 Å². The molecule has 2 fully saturated rings. The van der Waals surface area contributed by atoms with Crippen LogP contribution in [0.25, 0.3) is 0 Å². The summed E-state index contributed by atoms with van der Waals surface area (Å²) in [5, 5.41) is 12.6. The molecule has 0 aromatic heterocycles. The van der Waals surface area contributed by atoms with E-state index >= 15 is 0 Å². The number of carbonyl (C=O) groups is 2. The molecular weight excluding hydrogens is 446 g/mol. The van der Waals surface area contributed by atoms with Gasteiger partial charge in [0.05, 0.1) is 0 Å². The summed E-state index contributed by atoms with van der Waals surface area (Å²) < 4.78 is 16.8. The third-order valence-corrected chi connectivity index (χ3v) is 7.95. The van der Waals surface area contributed by atoms with E-state index in [-0.39, 0.29) is 22.6 Å². The molecule has 1 unspecified atom stereocenters. The lowest BCUT2D eigenvalue weighted by molar-refractivity contribution is -0.0307. The van der Waals surface area contributed by atoms with Gasteiger partial charge in [0.2, 0.25) is 6.29 Å². The third-order valence-electron chi connectivity index (χ3n) is 7.95. The molecule has 186 valence electrons. The van der Waals surface area contributed by atoms with Gasteiger partial charge in [-0.15, -0.1) is 0 Å². The number of hydrogen-bond donors (Lipinski definition) is 2. The number of piperidine rings is 1. The Morgan fingerprint density at radius 2 is 1.91 bits per heavy atom. The number of hydrogen-bond acceptors (Lipinski definition) is 6. The molecule has 7 heteroatoms. The molecule has 1 saturated carbocycles. The van der Waals surface area contributed by atoms with Crippen molar-refractivity contribution in [2.24, 2.45) is 11.8 Å². The maximum atomic E-state index is 12.3. The van der Waals surface area contributed by atoms with Gasteiger partial charge in [-0.25, -0.2) is 9.59 Å². The summed E-state index contributed by atoms with van der Waals surface area (Å²) in [5.74, 6) is 0.647. The average Bonchev–Trinajstić information content (AvgIpc) is 2.84. The van der Waals surface area contributed by atoms with E-state index in [1.54, 1.807) is 18.2 Å². The SMILES string of the molecule is CC(C)C(Oc1ccc2c(c1)[C@@]13CCCC[C@H]1[C@@H](C2)NCC3)Oc1ccccc1C(=O)OC(=O)O. The number of benzene rings is 2. The quantitative estimate of drug-likeness (QED) is 0.329. The lowest BCUT2D eigenvalue weighted by atomic mass is 9.53. The van der Waals surface area contributed by atoms with Gasteiger partial charge in [0.25, 0.3) is 0 Å². The van der Waals surface area contributed by atoms with Crippen LogP contribution in [0.2, 0.25) is 0 Å². The van der Waals surface area contributed by atoms with Crippen molar-refractivity contribution in [3.8, 4) is 11.5 Å². The maximum Gasteiger partial charge on any atom is 0.513 e. The number of carboxylic acid groups (broad SMARTS) is 1. The first-order valence-corrected chi connectivity index (χ1v) is 12.6. The van der Waals surface area contributed by atoms with Gasteiger partial charge in [-0.2, -0.15) is 0 Å². The summed E-state index contributed by atoms with van der Waals surface area (Å²) in [6.45, 7) is 5.02. The summed E-state index contributed by atoms with van der Waals surface area (Å²) in [6.07, 6.45) is 4.99. The molecule has 1 aliphatic heterocycles. The summed E-state index contributed by atoms with van der Waals surface area (Å²) in [7, 11) is 0. The van der Waals surface area contributed by atoms with Crippen LogP contribution in [-0.2, 0) is 16.6 Å². The molecule has 3 aliphatic rings. The van der Waals surface area contributed by atoms with Crippen molar-refractivity contribution in [3.05, 3.63) is 59.2 Å². The second-order valence-electron chi connectivity index (χ2n) is 10.3. The Labute approximate surface area is 205 Å². The lowest BCUT2D eigenvalue weighted by Gasteiger charge is -2.56. The van der Waals surface area contributed by atoms with E-state index in [0.717, 1.165) is 25.1 Å². The van der Waals surface area contributed by atoms with Crippen LogP contribution >= 0.6 is 0 Å². The van der Waals surface area contributed by atoms with Crippen LogP contribution in [0, 0.1) is 11.8 Å². The first-order valence-electron chi connectivity index (χ1n) is 12.6. The fraction of sp³-hybridized carbons (Fsp3) is 0.500. The molecule has 2 bridgehead atoms. The van der Waals surface area contributed by atoms with Gasteiger partial charge in [0, 0.05) is 17.4 Å². The van der Waals surface area contributed by atoms with Crippen LogP contribution in [-0.4, -0.2) is 36.1 Å². The summed E-state index contributed by atoms with van der Waals surface area (Å²) in [5.41, 5.74) is 3.11. The minimum atomic E-state index is -1.66. The number of nitrogens with one attached hydrogen (secondary N) is 1. The average molecular weight is 480 g/mol.